The van der Waals surface area contributed by atoms with E-state index in [1.165, 1.54) is 28.3 Å². The van der Waals surface area contributed by atoms with Crippen molar-refractivity contribution in [3.8, 4) is 11.1 Å². The van der Waals surface area contributed by atoms with E-state index in [-0.39, 0.29) is 55.3 Å². The number of piperazine rings is 1. The van der Waals surface area contributed by atoms with Crippen molar-refractivity contribution in [3.05, 3.63) is 89.5 Å². The van der Waals surface area contributed by atoms with E-state index in [1.54, 1.807) is 17.2 Å². The van der Waals surface area contributed by atoms with Gasteiger partial charge in [-0.3, -0.25) is 4.98 Å². The number of ether oxygens (including phenoxy) is 1. The van der Waals surface area contributed by atoms with E-state index in [1.807, 2.05) is 24.3 Å². The first-order chi connectivity index (χ1) is 14.7. The number of carbonyl (C=O) groups excluding carboxylic acids is 1. The Kier molecular flexibility index (Phi) is 7.72. The van der Waals surface area contributed by atoms with Crippen molar-refractivity contribution in [2.45, 2.75) is 12.0 Å². The van der Waals surface area contributed by atoms with Crippen LogP contribution in [0.25, 0.3) is 11.1 Å². The van der Waals surface area contributed by atoms with Gasteiger partial charge in [0.1, 0.15) is 12.4 Å². The molecule has 2 heterocycles. The molecule has 5 rings (SSSR count). The topological polar surface area (TPSA) is 54.5 Å². The summed E-state index contributed by atoms with van der Waals surface area (Å²) in [5, 5.41) is 3.23. The average molecular weight is 476 g/mol. The highest BCUT2D eigenvalue weighted by Crippen LogP contribution is 2.44. The number of carbonyl (C=O) groups is 1. The van der Waals surface area contributed by atoms with Gasteiger partial charge in [-0.1, -0.05) is 48.5 Å². The Balaban J connectivity index is 0.00000144. The number of benzene rings is 2. The highest BCUT2D eigenvalue weighted by atomic mass is 35.5. The first-order valence-corrected chi connectivity index (χ1v) is 10.2. The van der Waals surface area contributed by atoms with Crippen LogP contribution in [0.1, 0.15) is 28.8 Å². The van der Waals surface area contributed by atoms with Crippen LogP contribution in [-0.2, 0) is 4.74 Å². The SMILES string of the molecule is Cl.Cl.O=C(OCC1c2ccccc2-c2ccccc21)N1CCNC(c2ncccc2F)C1. The molecular formula is C24H24Cl2FN3O2. The highest BCUT2D eigenvalue weighted by molar-refractivity contribution is 5.85. The number of hydrogen-bond donors (Lipinski definition) is 1. The minimum absolute atomic E-state index is 0. The molecule has 0 bridgehead atoms. The Morgan fingerprint density at radius 1 is 1.03 bits per heavy atom. The molecule has 1 N–H and O–H groups in total. The van der Waals surface area contributed by atoms with Gasteiger partial charge >= 0.3 is 6.09 Å². The summed E-state index contributed by atoms with van der Waals surface area (Å²) in [6.07, 6.45) is 1.19. The van der Waals surface area contributed by atoms with Crippen LogP contribution in [0.2, 0.25) is 0 Å². The molecular weight excluding hydrogens is 452 g/mol. The second-order valence-electron chi connectivity index (χ2n) is 7.63. The zero-order valence-electron chi connectivity index (χ0n) is 17.2. The van der Waals surface area contributed by atoms with Crippen molar-refractivity contribution < 1.29 is 13.9 Å². The molecule has 1 aliphatic carbocycles. The van der Waals surface area contributed by atoms with Crippen LogP contribution < -0.4 is 5.32 Å². The fourth-order valence-corrected chi connectivity index (χ4v) is 4.44. The predicted octanol–water partition coefficient (Wildman–Crippen LogP) is 4.96. The number of nitrogens with one attached hydrogen (secondary N) is 1. The second kappa shape index (κ2) is 10.3. The maximum Gasteiger partial charge on any atom is 0.409 e. The van der Waals surface area contributed by atoms with E-state index in [2.05, 4.69) is 34.6 Å². The Hall–Kier alpha value is -2.67. The maximum absolute atomic E-state index is 14.1. The summed E-state index contributed by atoms with van der Waals surface area (Å²) in [5.41, 5.74) is 5.08. The summed E-state index contributed by atoms with van der Waals surface area (Å²) in [4.78, 5) is 18.6. The number of hydrogen-bond acceptors (Lipinski definition) is 4. The molecule has 1 aromatic heterocycles. The van der Waals surface area contributed by atoms with Crippen molar-refractivity contribution in [1.29, 1.82) is 0 Å². The van der Waals surface area contributed by atoms with Gasteiger partial charge in [0.05, 0.1) is 11.7 Å². The van der Waals surface area contributed by atoms with Crippen LogP contribution in [-0.4, -0.2) is 42.2 Å². The lowest BCUT2D eigenvalue weighted by molar-refractivity contribution is 0.0876. The normalized spacial score (nSPS) is 16.9. The summed E-state index contributed by atoms with van der Waals surface area (Å²) in [5.74, 6) is -0.349. The molecule has 1 unspecified atom stereocenters. The van der Waals surface area contributed by atoms with Crippen LogP contribution in [0, 0.1) is 5.82 Å². The quantitative estimate of drug-likeness (QED) is 0.581. The zero-order chi connectivity index (χ0) is 20.5. The summed E-state index contributed by atoms with van der Waals surface area (Å²) in [6, 6.07) is 19.1. The van der Waals surface area contributed by atoms with Crippen molar-refractivity contribution in [2.75, 3.05) is 26.2 Å². The van der Waals surface area contributed by atoms with Gasteiger partial charge in [-0.25, -0.2) is 9.18 Å². The third-order valence-electron chi connectivity index (χ3n) is 5.89. The molecule has 1 aliphatic heterocycles. The molecule has 1 fully saturated rings. The van der Waals surface area contributed by atoms with Gasteiger partial charge in [0.2, 0.25) is 0 Å². The standard InChI is InChI=1S/C24H22FN3O2.2ClH/c25-21-10-5-11-27-23(21)22-14-28(13-12-26-22)24(29)30-15-20-18-8-3-1-6-16(18)17-7-2-4-9-19(17)20;;/h1-11,20,22,26H,12-15H2;2*1H. The first kappa shape index (κ1) is 24.0. The molecule has 0 saturated carbocycles. The fourth-order valence-electron chi connectivity index (χ4n) is 4.44. The highest BCUT2D eigenvalue weighted by Gasteiger charge is 2.31. The monoisotopic (exact) mass is 475 g/mol. The molecule has 32 heavy (non-hydrogen) atoms. The minimum Gasteiger partial charge on any atom is -0.448 e. The molecule has 0 radical (unpaired) electrons. The summed E-state index contributed by atoms with van der Waals surface area (Å²) in [6.45, 7) is 1.68. The van der Waals surface area contributed by atoms with Crippen LogP contribution in [0.5, 0.6) is 0 Å². The molecule has 3 aromatic rings. The van der Waals surface area contributed by atoms with Crippen molar-refractivity contribution in [1.82, 2.24) is 15.2 Å². The number of fused-ring (bicyclic) bond motifs is 3. The maximum atomic E-state index is 14.1. The van der Waals surface area contributed by atoms with Gasteiger partial charge < -0.3 is 15.0 Å². The van der Waals surface area contributed by atoms with Gasteiger partial charge in [-0.2, -0.15) is 0 Å². The van der Waals surface area contributed by atoms with Crippen LogP contribution in [0.3, 0.4) is 0 Å². The van der Waals surface area contributed by atoms with E-state index in [0.29, 0.717) is 25.3 Å². The van der Waals surface area contributed by atoms with Crippen LogP contribution >= 0.6 is 24.8 Å². The van der Waals surface area contributed by atoms with E-state index >= 15 is 0 Å². The Morgan fingerprint density at radius 2 is 1.69 bits per heavy atom. The lowest BCUT2D eigenvalue weighted by atomic mass is 9.98. The van der Waals surface area contributed by atoms with Gasteiger partial charge in [0, 0.05) is 31.7 Å². The van der Waals surface area contributed by atoms with Gasteiger partial charge in [0.15, 0.2) is 0 Å². The number of nitrogens with zero attached hydrogens (tertiary/aromatic N) is 2. The second-order valence-corrected chi connectivity index (χ2v) is 7.63. The van der Waals surface area contributed by atoms with E-state index in [0.717, 1.165) is 0 Å². The van der Waals surface area contributed by atoms with Crippen LogP contribution in [0.4, 0.5) is 9.18 Å². The number of aromatic nitrogens is 1. The number of rotatable bonds is 3. The van der Waals surface area contributed by atoms with E-state index in [9.17, 15) is 9.18 Å². The first-order valence-electron chi connectivity index (χ1n) is 10.2. The molecule has 168 valence electrons. The third-order valence-corrected chi connectivity index (χ3v) is 5.89. The molecule has 2 aliphatic rings. The molecule has 2 aromatic carbocycles. The summed E-state index contributed by atoms with van der Waals surface area (Å²) < 4.78 is 19.8. The molecule has 5 nitrogen and oxygen atoms in total. The lowest BCUT2D eigenvalue weighted by Crippen LogP contribution is -2.49. The average Bonchev–Trinajstić information content (AvgIpc) is 3.12. The molecule has 1 atom stereocenters. The molecule has 1 amide bonds. The lowest BCUT2D eigenvalue weighted by Gasteiger charge is -2.33. The van der Waals surface area contributed by atoms with Crippen molar-refractivity contribution >= 4 is 30.9 Å². The smallest absolute Gasteiger partial charge is 0.409 e. The Labute approximate surface area is 198 Å². The van der Waals surface area contributed by atoms with Crippen LogP contribution in [0.15, 0.2) is 66.9 Å². The largest absolute Gasteiger partial charge is 0.448 e. The zero-order valence-corrected chi connectivity index (χ0v) is 18.9. The van der Waals surface area contributed by atoms with Crippen molar-refractivity contribution in [3.63, 3.8) is 0 Å². The number of amides is 1. The van der Waals surface area contributed by atoms with Gasteiger partial charge in [0.25, 0.3) is 0 Å². The molecule has 0 spiro atoms. The van der Waals surface area contributed by atoms with E-state index < -0.39 is 0 Å². The minimum atomic E-state index is -0.375. The Bertz CT molecular complexity index is 1050. The molecule has 8 heteroatoms. The summed E-state index contributed by atoms with van der Waals surface area (Å²) >= 11 is 0. The summed E-state index contributed by atoms with van der Waals surface area (Å²) in [7, 11) is 0. The predicted molar refractivity (Wildman–Crippen MR) is 126 cm³/mol. The fraction of sp³-hybridized carbons (Fsp3) is 0.250. The van der Waals surface area contributed by atoms with Gasteiger partial charge in [-0.15, -0.1) is 24.8 Å². The van der Waals surface area contributed by atoms with E-state index in [4.69, 9.17) is 4.74 Å². The third kappa shape index (κ3) is 4.44. The Morgan fingerprint density at radius 3 is 2.34 bits per heavy atom. The molecule has 1 saturated heterocycles. The number of halogens is 3. The number of pyridine rings is 1. The van der Waals surface area contributed by atoms with Crippen molar-refractivity contribution in [2.24, 2.45) is 0 Å². The van der Waals surface area contributed by atoms with Gasteiger partial charge in [-0.05, 0) is 34.4 Å².